The van der Waals surface area contributed by atoms with Crippen molar-refractivity contribution in [2.75, 3.05) is 17.2 Å². The molecule has 100 valence electrons. The summed E-state index contributed by atoms with van der Waals surface area (Å²) < 4.78 is 0. The summed E-state index contributed by atoms with van der Waals surface area (Å²) in [5.41, 5.74) is 4.44. The van der Waals surface area contributed by atoms with Crippen molar-refractivity contribution < 1.29 is 0 Å². The van der Waals surface area contributed by atoms with Crippen LogP contribution in [0, 0.1) is 11.3 Å². The zero-order valence-electron chi connectivity index (χ0n) is 11.5. The van der Waals surface area contributed by atoms with Crippen molar-refractivity contribution >= 4 is 23.1 Å². The Morgan fingerprint density at radius 3 is 2.75 bits per heavy atom. The second-order valence-electron chi connectivity index (χ2n) is 4.73. The second kappa shape index (κ2) is 5.60. The Balaban J connectivity index is 2.08. The van der Waals surface area contributed by atoms with Gasteiger partial charge < -0.3 is 4.90 Å². The number of para-hydroxylation sites is 1. The highest BCUT2D eigenvalue weighted by atomic mass is 32.2. The van der Waals surface area contributed by atoms with Crippen molar-refractivity contribution in [3.05, 3.63) is 53.6 Å². The molecule has 2 nitrogen and oxygen atoms in total. The van der Waals surface area contributed by atoms with Gasteiger partial charge in [-0.3, -0.25) is 0 Å². The molecule has 0 saturated heterocycles. The van der Waals surface area contributed by atoms with Crippen LogP contribution in [0.4, 0.5) is 11.4 Å². The minimum absolute atomic E-state index is 0.802. The average Bonchev–Trinajstić information content (AvgIpc) is 2.91. The molecule has 3 rings (SSSR count). The highest BCUT2D eigenvalue weighted by Crippen LogP contribution is 2.38. The predicted molar refractivity (Wildman–Crippen MR) is 84.7 cm³/mol. The Labute approximate surface area is 124 Å². The Kier molecular flexibility index (Phi) is 3.66. The number of benzene rings is 2. The van der Waals surface area contributed by atoms with E-state index in [1.54, 1.807) is 11.8 Å². The Bertz CT molecular complexity index is 673. The fraction of sp³-hybridized carbons (Fsp3) is 0.235. The van der Waals surface area contributed by atoms with Gasteiger partial charge in [0.25, 0.3) is 0 Å². The smallest absolute Gasteiger partial charge is 0.103 e. The molecule has 0 atom stereocenters. The van der Waals surface area contributed by atoms with E-state index in [-0.39, 0.29) is 0 Å². The second-order valence-corrected chi connectivity index (χ2v) is 6.03. The molecular formula is C17H16N2S. The fourth-order valence-corrected chi connectivity index (χ4v) is 3.50. The van der Waals surface area contributed by atoms with E-state index in [4.69, 9.17) is 0 Å². The highest BCUT2D eigenvalue weighted by molar-refractivity contribution is 7.99. The van der Waals surface area contributed by atoms with Crippen molar-refractivity contribution in [2.24, 2.45) is 0 Å². The van der Waals surface area contributed by atoms with Crippen molar-refractivity contribution in [3.8, 4) is 6.07 Å². The molecule has 0 N–H and O–H groups in total. The topological polar surface area (TPSA) is 27.0 Å². The molecule has 2 aromatic rings. The molecule has 0 aromatic heterocycles. The molecular weight excluding hydrogens is 264 g/mol. The lowest BCUT2D eigenvalue weighted by Crippen LogP contribution is -2.14. The largest absolute Gasteiger partial charge is 0.340 e. The number of anilines is 2. The molecule has 20 heavy (non-hydrogen) atoms. The molecule has 0 spiro atoms. The summed E-state index contributed by atoms with van der Waals surface area (Å²) in [6.45, 7) is 3.07. The standard InChI is InChI=1S/C17H16N2S/c1-2-20-17-9-5-8-16(14(17)12-18)19-11-10-13-6-3-4-7-15(13)19/h3-9H,2,10-11H2,1H3. The van der Waals surface area contributed by atoms with Crippen LogP contribution in [0.5, 0.6) is 0 Å². The van der Waals surface area contributed by atoms with E-state index in [0.29, 0.717) is 0 Å². The van der Waals surface area contributed by atoms with E-state index in [1.165, 1.54) is 11.3 Å². The normalized spacial score (nSPS) is 13.1. The first kappa shape index (κ1) is 13.1. The molecule has 0 amide bonds. The van der Waals surface area contributed by atoms with E-state index in [9.17, 15) is 5.26 Å². The predicted octanol–water partition coefficient (Wildman–Crippen LogP) is 4.36. The molecule has 2 aromatic carbocycles. The van der Waals surface area contributed by atoms with Gasteiger partial charge in [0.15, 0.2) is 0 Å². The van der Waals surface area contributed by atoms with Gasteiger partial charge in [-0.25, -0.2) is 0 Å². The zero-order valence-corrected chi connectivity index (χ0v) is 12.3. The van der Waals surface area contributed by atoms with Crippen LogP contribution in [0.25, 0.3) is 0 Å². The SMILES string of the molecule is CCSc1cccc(N2CCc3ccccc32)c1C#N. The van der Waals surface area contributed by atoms with Gasteiger partial charge in [-0.1, -0.05) is 31.2 Å². The fourth-order valence-electron chi connectivity index (χ4n) is 2.72. The maximum absolute atomic E-state index is 9.54. The molecule has 1 heterocycles. The van der Waals surface area contributed by atoms with Crippen molar-refractivity contribution in [3.63, 3.8) is 0 Å². The number of rotatable bonds is 3. The van der Waals surface area contributed by atoms with Gasteiger partial charge in [-0.05, 0) is 35.9 Å². The van der Waals surface area contributed by atoms with E-state index in [0.717, 1.165) is 34.9 Å². The highest BCUT2D eigenvalue weighted by Gasteiger charge is 2.22. The van der Waals surface area contributed by atoms with Crippen LogP contribution in [0.2, 0.25) is 0 Å². The van der Waals surface area contributed by atoms with Crippen LogP contribution in [0.3, 0.4) is 0 Å². The summed E-state index contributed by atoms with van der Waals surface area (Å²) in [5, 5.41) is 9.54. The first-order valence-electron chi connectivity index (χ1n) is 6.86. The number of hydrogen-bond donors (Lipinski definition) is 0. The van der Waals surface area contributed by atoms with E-state index in [1.807, 2.05) is 6.07 Å². The van der Waals surface area contributed by atoms with E-state index in [2.05, 4.69) is 54.3 Å². The molecule has 0 radical (unpaired) electrons. The third kappa shape index (κ3) is 2.17. The molecule has 3 heteroatoms. The van der Waals surface area contributed by atoms with Gasteiger partial charge in [0.1, 0.15) is 6.07 Å². The summed E-state index contributed by atoms with van der Waals surface area (Å²) in [5.74, 6) is 0.981. The van der Waals surface area contributed by atoms with Crippen LogP contribution in [-0.4, -0.2) is 12.3 Å². The molecule has 0 bridgehead atoms. The summed E-state index contributed by atoms with van der Waals surface area (Å²) in [4.78, 5) is 3.35. The summed E-state index contributed by atoms with van der Waals surface area (Å²) in [6.07, 6.45) is 1.05. The maximum atomic E-state index is 9.54. The summed E-state index contributed by atoms with van der Waals surface area (Å²) >= 11 is 1.73. The van der Waals surface area contributed by atoms with Crippen LogP contribution in [-0.2, 0) is 6.42 Å². The van der Waals surface area contributed by atoms with Gasteiger partial charge in [0, 0.05) is 17.1 Å². The van der Waals surface area contributed by atoms with Gasteiger partial charge in [0.2, 0.25) is 0 Å². The Morgan fingerprint density at radius 2 is 1.95 bits per heavy atom. The lowest BCUT2D eigenvalue weighted by Gasteiger charge is -2.22. The van der Waals surface area contributed by atoms with Crippen LogP contribution in [0.1, 0.15) is 18.1 Å². The lowest BCUT2D eigenvalue weighted by molar-refractivity contribution is 0.992. The molecule has 0 fully saturated rings. The Morgan fingerprint density at radius 1 is 1.15 bits per heavy atom. The molecule has 1 aliphatic rings. The minimum Gasteiger partial charge on any atom is -0.340 e. The quantitative estimate of drug-likeness (QED) is 0.781. The average molecular weight is 280 g/mol. The monoisotopic (exact) mass is 280 g/mol. The first-order chi connectivity index (χ1) is 9.85. The minimum atomic E-state index is 0.802. The van der Waals surface area contributed by atoms with Crippen LogP contribution < -0.4 is 4.90 Å². The van der Waals surface area contributed by atoms with Crippen molar-refractivity contribution in [2.45, 2.75) is 18.2 Å². The van der Waals surface area contributed by atoms with Crippen molar-refractivity contribution in [1.29, 1.82) is 5.26 Å². The molecule has 1 aliphatic heterocycles. The van der Waals surface area contributed by atoms with Gasteiger partial charge in [-0.2, -0.15) is 5.26 Å². The van der Waals surface area contributed by atoms with Crippen molar-refractivity contribution in [1.82, 2.24) is 0 Å². The Hall–Kier alpha value is -1.92. The third-order valence-corrected chi connectivity index (χ3v) is 4.53. The number of nitrogens with zero attached hydrogens (tertiary/aromatic N) is 2. The summed E-state index contributed by atoms with van der Waals surface area (Å²) in [7, 11) is 0. The number of hydrogen-bond acceptors (Lipinski definition) is 3. The van der Waals surface area contributed by atoms with Gasteiger partial charge in [0.05, 0.1) is 11.3 Å². The third-order valence-electron chi connectivity index (χ3n) is 3.59. The number of fused-ring (bicyclic) bond motifs is 1. The van der Waals surface area contributed by atoms with E-state index >= 15 is 0 Å². The molecule has 0 aliphatic carbocycles. The van der Waals surface area contributed by atoms with Crippen LogP contribution in [0.15, 0.2) is 47.4 Å². The number of thioether (sulfide) groups is 1. The number of nitriles is 1. The molecule has 0 unspecified atom stereocenters. The zero-order chi connectivity index (χ0) is 13.9. The molecule has 0 saturated carbocycles. The van der Waals surface area contributed by atoms with Gasteiger partial charge in [-0.15, -0.1) is 11.8 Å². The van der Waals surface area contributed by atoms with E-state index < -0.39 is 0 Å². The lowest BCUT2D eigenvalue weighted by atomic mass is 10.1. The van der Waals surface area contributed by atoms with Gasteiger partial charge >= 0.3 is 0 Å². The maximum Gasteiger partial charge on any atom is 0.103 e. The summed E-state index contributed by atoms with van der Waals surface area (Å²) in [6, 6.07) is 17.0. The first-order valence-corrected chi connectivity index (χ1v) is 7.85. The van der Waals surface area contributed by atoms with Crippen LogP contribution >= 0.6 is 11.8 Å².